The molecule has 1 N–H and O–H groups in total. The minimum absolute atomic E-state index is 0.00165. The molecular formula is C25H24N2O3. The van der Waals surface area contributed by atoms with Crippen LogP contribution < -0.4 is 15.0 Å². The molecule has 1 unspecified atom stereocenters. The van der Waals surface area contributed by atoms with Gasteiger partial charge >= 0.3 is 0 Å². The summed E-state index contributed by atoms with van der Waals surface area (Å²) in [6.45, 7) is 2.41. The smallest absolute Gasteiger partial charge is 0.265 e. The van der Waals surface area contributed by atoms with Crippen molar-refractivity contribution in [3.05, 3.63) is 90.0 Å². The summed E-state index contributed by atoms with van der Waals surface area (Å²) in [5.41, 5.74) is 3.34. The highest BCUT2D eigenvalue weighted by atomic mass is 16.5. The van der Waals surface area contributed by atoms with E-state index < -0.39 is 6.10 Å². The number of carbonyl (C=O) groups excluding carboxylic acids is 2. The lowest BCUT2D eigenvalue weighted by Gasteiger charge is -2.30. The number of amides is 2. The lowest BCUT2D eigenvalue weighted by Crippen LogP contribution is -2.35. The van der Waals surface area contributed by atoms with Crippen molar-refractivity contribution >= 4 is 23.2 Å². The number of fused-ring (bicyclic) bond motifs is 1. The fraction of sp³-hybridized carbons (Fsp3) is 0.200. The van der Waals surface area contributed by atoms with E-state index in [2.05, 4.69) is 5.32 Å². The van der Waals surface area contributed by atoms with E-state index in [4.69, 9.17) is 4.74 Å². The summed E-state index contributed by atoms with van der Waals surface area (Å²) in [5.74, 6) is 0.436. The first kappa shape index (κ1) is 19.7. The van der Waals surface area contributed by atoms with Crippen LogP contribution in [-0.2, 0) is 11.2 Å². The fourth-order valence-electron chi connectivity index (χ4n) is 3.62. The van der Waals surface area contributed by atoms with Crippen LogP contribution >= 0.6 is 0 Å². The van der Waals surface area contributed by atoms with Gasteiger partial charge in [0.2, 0.25) is 0 Å². The number of nitrogens with one attached hydrogen (secondary N) is 1. The second kappa shape index (κ2) is 8.82. The minimum Gasteiger partial charge on any atom is -0.481 e. The first-order chi connectivity index (χ1) is 14.6. The quantitative estimate of drug-likeness (QED) is 0.676. The number of nitrogens with zero attached hydrogens (tertiary/aromatic N) is 1. The number of ether oxygens (including phenoxy) is 1. The lowest BCUT2D eigenvalue weighted by atomic mass is 10.00. The normalized spacial score (nSPS) is 13.8. The highest BCUT2D eigenvalue weighted by Gasteiger charge is 2.24. The standard InChI is InChI=1S/C25H24N2O3/c1-18(30-22-12-6-3-7-13-22)24(28)26-21-14-15-23-20(17-21)11-8-16-27(23)25(29)19-9-4-2-5-10-19/h2-7,9-10,12-15,17-18H,8,11,16H2,1H3,(H,26,28). The van der Waals surface area contributed by atoms with Gasteiger partial charge in [0.15, 0.2) is 6.10 Å². The van der Waals surface area contributed by atoms with Gasteiger partial charge in [0.25, 0.3) is 11.8 Å². The molecule has 1 aliphatic heterocycles. The number of para-hydroxylation sites is 1. The first-order valence-corrected chi connectivity index (χ1v) is 10.1. The third kappa shape index (κ3) is 4.35. The van der Waals surface area contributed by atoms with Gasteiger partial charge in [-0.1, -0.05) is 36.4 Å². The topological polar surface area (TPSA) is 58.6 Å². The van der Waals surface area contributed by atoms with Gasteiger partial charge in [-0.3, -0.25) is 9.59 Å². The second-order valence-corrected chi connectivity index (χ2v) is 7.33. The SMILES string of the molecule is CC(Oc1ccccc1)C(=O)Nc1ccc2c(c1)CCCN2C(=O)c1ccccc1. The monoisotopic (exact) mass is 400 g/mol. The number of hydrogen-bond acceptors (Lipinski definition) is 3. The third-order valence-corrected chi connectivity index (χ3v) is 5.16. The number of hydrogen-bond donors (Lipinski definition) is 1. The molecule has 2 amide bonds. The Morgan fingerprint density at radius 1 is 0.967 bits per heavy atom. The molecule has 5 heteroatoms. The van der Waals surface area contributed by atoms with E-state index >= 15 is 0 Å². The first-order valence-electron chi connectivity index (χ1n) is 10.1. The maximum absolute atomic E-state index is 12.9. The Hall–Kier alpha value is -3.60. The van der Waals surface area contributed by atoms with Gasteiger partial charge < -0.3 is 15.0 Å². The Labute approximate surface area is 176 Å². The molecule has 0 radical (unpaired) electrons. The second-order valence-electron chi connectivity index (χ2n) is 7.33. The number of carbonyl (C=O) groups is 2. The number of aryl methyl sites for hydroxylation is 1. The summed E-state index contributed by atoms with van der Waals surface area (Å²) in [5, 5.41) is 2.92. The zero-order chi connectivity index (χ0) is 20.9. The van der Waals surface area contributed by atoms with Crippen LogP contribution in [0.15, 0.2) is 78.9 Å². The van der Waals surface area contributed by atoms with E-state index in [0.717, 1.165) is 24.1 Å². The molecule has 0 aromatic heterocycles. The van der Waals surface area contributed by atoms with Crippen LogP contribution in [0.3, 0.4) is 0 Å². The average Bonchev–Trinajstić information content (AvgIpc) is 2.79. The molecule has 4 rings (SSSR count). The summed E-state index contributed by atoms with van der Waals surface area (Å²) < 4.78 is 5.69. The predicted molar refractivity (Wildman–Crippen MR) is 118 cm³/mol. The predicted octanol–water partition coefficient (Wildman–Crippen LogP) is 4.69. The fourth-order valence-corrected chi connectivity index (χ4v) is 3.62. The van der Waals surface area contributed by atoms with Crippen molar-refractivity contribution in [2.75, 3.05) is 16.8 Å². The van der Waals surface area contributed by atoms with E-state index in [1.54, 1.807) is 6.92 Å². The zero-order valence-corrected chi connectivity index (χ0v) is 16.9. The van der Waals surface area contributed by atoms with Crippen LogP contribution in [0.4, 0.5) is 11.4 Å². The van der Waals surface area contributed by atoms with Crippen LogP contribution in [0, 0.1) is 0 Å². The van der Waals surface area contributed by atoms with Gasteiger partial charge in [0, 0.05) is 23.5 Å². The number of rotatable bonds is 5. The van der Waals surface area contributed by atoms with Crippen molar-refractivity contribution < 1.29 is 14.3 Å². The van der Waals surface area contributed by atoms with Gasteiger partial charge in [0.1, 0.15) is 5.75 Å². The molecule has 3 aromatic rings. The van der Waals surface area contributed by atoms with Crippen LogP contribution in [0.25, 0.3) is 0 Å². The molecule has 1 aliphatic rings. The summed E-state index contributed by atoms with van der Waals surface area (Å²) in [7, 11) is 0. The van der Waals surface area contributed by atoms with Crippen molar-refractivity contribution in [2.45, 2.75) is 25.9 Å². The molecule has 152 valence electrons. The molecule has 0 fully saturated rings. The van der Waals surface area contributed by atoms with Gasteiger partial charge in [-0.2, -0.15) is 0 Å². The van der Waals surface area contributed by atoms with Gasteiger partial charge in [-0.25, -0.2) is 0 Å². The van der Waals surface area contributed by atoms with Crippen molar-refractivity contribution in [3.63, 3.8) is 0 Å². The Morgan fingerprint density at radius 2 is 1.67 bits per heavy atom. The Balaban J connectivity index is 1.47. The lowest BCUT2D eigenvalue weighted by molar-refractivity contribution is -0.122. The van der Waals surface area contributed by atoms with E-state index in [1.807, 2.05) is 83.8 Å². The highest BCUT2D eigenvalue weighted by Crippen LogP contribution is 2.31. The van der Waals surface area contributed by atoms with Crippen LogP contribution in [0.5, 0.6) is 5.75 Å². The summed E-state index contributed by atoms with van der Waals surface area (Å²) in [4.78, 5) is 27.3. The van der Waals surface area contributed by atoms with Gasteiger partial charge in [-0.15, -0.1) is 0 Å². The molecule has 0 aliphatic carbocycles. The Bertz CT molecular complexity index is 1030. The summed E-state index contributed by atoms with van der Waals surface area (Å²) in [6.07, 6.45) is 1.13. The molecule has 0 saturated carbocycles. The van der Waals surface area contributed by atoms with Crippen molar-refractivity contribution in [1.29, 1.82) is 0 Å². The van der Waals surface area contributed by atoms with Gasteiger partial charge in [0.05, 0.1) is 0 Å². The van der Waals surface area contributed by atoms with Crippen molar-refractivity contribution in [3.8, 4) is 5.75 Å². The van der Waals surface area contributed by atoms with E-state index in [-0.39, 0.29) is 11.8 Å². The highest BCUT2D eigenvalue weighted by molar-refractivity contribution is 6.07. The van der Waals surface area contributed by atoms with Crippen LogP contribution in [-0.4, -0.2) is 24.5 Å². The zero-order valence-electron chi connectivity index (χ0n) is 16.9. The van der Waals surface area contributed by atoms with Crippen LogP contribution in [0.2, 0.25) is 0 Å². The molecule has 0 saturated heterocycles. The Kier molecular flexibility index (Phi) is 5.80. The molecule has 5 nitrogen and oxygen atoms in total. The minimum atomic E-state index is -0.625. The molecule has 1 atom stereocenters. The molecule has 30 heavy (non-hydrogen) atoms. The summed E-state index contributed by atoms with van der Waals surface area (Å²) in [6, 6.07) is 24.3. The molecule has 3 aromatic carbocycles. The summed E-state index contributed by atoms with van der Waals surface area (Å²) >= 11 is 0. The molecule has 0 bridgehead atoms. The van der Waals surface area contributed by atoms with E-state index in [9.17, 15) is 9.59 Å². The Morgan fingerprint density at radius 3 is 2.40 bits per heavy atom. The average molecular weight is 400 g/mol. The van der Waals surface area contributed by atoms with Gasteiger partial charge in [-0.05, 0) is 67.8 Å². The molecular weight excluding hydrogens is 376 g/mol. The molecule has 1 heterocycles. The van der Waals surface area contributed by atoms with E-state index in [1.165, 1.54) is 0 Å². The third-order valence-electron chi connectivity index (χ3n) is 5.16. The maximum Gasteiger partial charge on any atom is 0.265 e. The van der Waals surface area contributed by atoms with Crippen LogP contribution in [0.1, 0.15) is 29.3 Å². The number of anilines is 2. The van der Waals surface area contributed by atoms with Crippen molar-refractivity contribution in [2.24, 2.45) is 0 Å². The maximum atomic E-state index is 12.9. The largest absolute Gasteiger partial charge is 0.481 e. The molecule has 0 spiro atoms. The van der Waals surface area contributed by atoms with Crippen molar-refractivity contribution in [1.82, 2.24) is 0 Å². The van der Waals surface area contributed by atoms with E-state index in [0.29, 0.717) is 23.5 Å². The number of benzene rings is 3.